The van der Waals surface area contributed by atoms with E-state index in [2.05, 4.69) is 0 Å². The van der Waals surface area contributed by atoms with Gasteiger partial charge in [-0.15, -0.1) is 0 Å². The third kappa shape index (κ3) is 3.30. The molecule has 0 aliphatic carbocycles. The molecule has 4 rings (SSSR count). The van der Waals surface area contributed by atoms with Crippen molar-refractivity contribution < 1.29 is 22.0 Å². The molecule has 4 aromatic rings. The Morgan fingerprint density at radius 1 is 0.931 bits per heavy atom. The summed E-state index contributed by atoms with van der Waals surface area (Å²) >= 11 is 0. The van der Waals surface area contributed by atoms with Crippen molar-refractivity contribution in [1.29, 1.82) is 0 Å². The zero-order valence-electron chi connectivity index (χ0n) is 15.3. The summed E-state index contributed by atoms with van der Waals surface area (Å²) < 4.78 is 50.6. The van der Waals surface area contributed by atoms with E-state index in [0.29, 0.717) is 16.7 Å². The maximum absolute atomic E-state index is 13.3. The van der Waals surface area contributed by atoms with Gasteiger partial charge in [-0.05, 0) is 48.0 Å². The lowest BCUT2D eigenvalue weighted by atomic mass is 10.0. The number of hydrogen-bond donors (Lipinski definition) is 0. The van der Waals surface area contributed by atoms with Crippen LogP contribution in [0.5, 0.6) is 5.75 Å². The second-order valence-corrected chi connectivity index (χ2v) is 8.17. The van der Waals surface area contributed by atoms with Crippen molar-refractivity contribution >= 4 is 20.8 Å². The van der Waals surface area contributed by atoms with E-state index >= 15 is 0 Å². The number of methoxy groups -OCH3 is 1. The highest BCUT2D eigenvalue weighted by Crippen LogP contribution is 2.36. The van der Waals surface area contributed by atoms with E-state index in [9.17, 15) is 17.6 Å². The van der Waals surface area contributed by atoms with Gasteiger partial charge in [0.25, 0.3) is 0 Å². The van der Waals surface area contributed by atoms with Crippen LogP contribution in [0.3, 0.4) is 0 Å². The number of rotatable bonds is 4. The molecule has 29 heavy (non-hydrogen) atoms. The molecule has 0 N–H and O–H groups in total. The fourth-order valence-corrected chi connectivity index (χ4v) is 4.65. The van der Waals surface area contributed by atoms with E-state index in [1.165, 1.54) is 7.11 Å². The van der Waals surface area contributed by atoms with Crippen LogP contribution in [0.2, 0.25) is 0 Å². The Morgan fingerprint density at radius 2 is 1.62 bits per heavy atom. The summed E-state index contributed by atoms with van der Waals surface area (Å²) in [6.07, 6.45) is 0. The first kappa shape index (κ1) is 18.9. The van der Waals surface area contributed by atoms with Crippen molar-refractivity contribution in [3.8, 4) is 16.9 Å². The number of benzene rings is 3. The highest BCUT2D eigenvalue weighted by atomic mass is 32.2. The van der Waals surface area contributed by atoms with Crippen molar-refractivity contribution in [2.75, 3.05) is 7.11 Å². The zero-order valence-corrected chi connectivity index (χ0v) is 16.1. The molecule has 0 saturated carbocycles. The summed E-state index contributed by atoms with van der Waals surface area (Å²) in [4.78, 5) is 12.1. The molecule has 146 valence electrons. The Kier molecular flexibility index (Phi) is 4.68. The lowest BCUT2D eigenvalue weighted by Crippen LogP contribution is -2.16. The largest absolute Gasteiger partial charge is 0.497 e. The van der Waals surface area contributed by atoms with Gasteiger partial charge in [-0.3, -0.25) is 0 Å². The molecule has 7 heteroatoms. The van der Waals surface area contributed by atoms with Crippen molar-refractivity contribution in [3.05, 3.63) is 89.0 Å². The van der Waals surface area contributed by atoms with Gasteiger partial charge in [0.05, 0.1) is 12.0 Å². The number of fused-ring (bicyclic) bond motifs is 1. The highest BCUT2D eigenvalue weighted by molar-refractivity contribution is 7.91. The summed E-state index contributed by atoms with van der Waals surface area (Å²) in [6, 6.07) is 17.8. The minimum Gasteiger partial charge on any atom is -0.497 e. The van der Waals surface area contributed by atoms with Gasteiger partial charge in [0.1, 0.15) is 17.1 Å². The molecule has 0 radical (unpaired) electrons. The lowest BCUT2D eigenvalue weighted by Gasteiger charge is -2.13. The summed E-state index contributed by atoms with van der Waals surface area (Å²) in [5, 5.41) is 0.413. The maximum atomic E-state index is 13.3. The molecule has 5 nitrogen and oxygen atoms in total. The lowest BCUT2D eigenvalue weighted by molar-refractivity contribution is 0.415. The monoisotopic (exact) mass is 410 g/mol. The highest BCUT2D eigenvalue weighted by Gasteiger charge is 2.29. The first-order valence-electron chi connectivity index (χ1n) is 8.63. The van der Waals surface area contributed by atoms with Crippen LogP contribution in [0.15, 0.2) is 91.8 Å². The predicted molar refractivity (Wildman–Crippen MR) is 106 cm³/mol. The van der Waals surface area contributed by atoms with E-state index in [1.807, 2.05) is 0 Å². The normalized spacial score (nSPS) is 11.5. The Morgan fingerprint density at radius 3 is 2.28 bits per heavy atom. The van der Waals surface area contributed by atoms with Gasteiger partial charge in [-0.2, -0.15) is 0 Å². The van der Waals surface area contributed by atoms with Crippen molar-refractivity contribution in [1.82, 2.24) is 0 Å². The first-order valence-corrected chi connectivity index (χ1v) is 10.1. The second-order valence-electron chi connectivity index (χ2n) is 6.28. The topological polar surface area (TPSA) is 73.6 Å². The van der Waals surface area contributed by atoms with Gasteiger partial charge < -0.3 is 9.15 Å². The van der Waals surface area contributed by atoms with Crippen LogP contribution < -0.4 is 10.4 Å². The number of ether oxygens (including phenoxy) is 1. The van der Waals surface area contributed by atoms with Crippen LogP contribution >= 0.6 is 0 Å². The smallest absolute Gasteiger partial charge is 0.356 e. The van der Waals surface area contributed by atoms with Crippen LogP contribution in [-0.2, 0) is 9.84 Å². The van der Waals surface area contributed by atoms with Gasteiger partial charge in [0, 0.05) is 10.9 Å². The fraction of sp³-hybridized carbons (Fsp3) is 0.0455. The number of sulfone groups is 1. The van der Waals surface area contributed by atoms with Crippen molar-refractivity contribution in [2.24, 2.45) is 0 Å². The second kappa shape index (κ2) is 7.18. The van der Waals surface area contributed by atoms with Crippen LogP contribution in [0, 0.1) is 5.82 Å². The molecular formula is C22H15FO5S. The van der Waals surface area contributed by atoms with E-state index < -0.39 is 26.2 Å². The van der Waals surface area contributed by atoms with Crippen LogP contribution in [0.25, 0.3) is 22.1 Å². The third-order valence-corrected chi connectivity index (χ3v) is 6.33. The summed E-state index contributed by atoms with van der Waals surface area (Å²) in [7, 11) is -2.81. The van der Waals surface area contributed by atoms with E-state index in [0.717, 1.165) is 24.3 Å². The molecule has 1 aromatic heterocycles. The third-order valence-electron chi connectivity index (χ3n) is 4.53. The molecule has 0 atom stereocenters. The number of halogens is 1. The van der Waals surface area contributed by atoms with Crippen LogP contribution in [-0.4, -0.2) is 15.5 Å². The van der Waals surface area contributed by atoms with Gasteiger partial charge >= 0.3 is 5.63 Å². The molecule has 0 bridgehead atoms. The minimum atomic E-state index is -4.29. The van der Waals surface area contributed by atoms with Gasteiger partial charge in [-0.1, -0.05) is 30.3 Å². The van der Waals surface area contributed by atoms with Gasteiger partial charge in [-0.25, -0.2) is 17.6 Å². The Balaban J connectivity index is 2.15. The zero-order chi connectivity index (χ0) is 20.6. The molecule has 0 aliphatic rings. The van der Waals surface area contributed by atoms with E-state index in [-0.39, 0.29) is 16.0 Å². The quantitative estimate of drug-likeness (QED) is 0.367. The predicted octanol–water partition coefficient (Wildman–Crippen LogP) is 4.44. The van der Waals surface area contributed by atoms with Crippen molar-refractivity contribution in [3.63, 3.8) is 0 Å². The first-order chi connectivity index (χ1) is 13.9. The SMILES string of the molecule is COc1ccc2oc(=O)c(S(=O)(=O)c3ccc(F)cc3)c(-c3ccccc3)c2c1. The fourth-order valence-electron chi connectivity index (χ4n) is 3.16. The Labute approximate surface area is 165 Å². The van der Waals surface area contributed by atoms with E-state index in [1.54, 1.807) is 48.5 Å². The van der Waals surface area contributed by atoms with Crippen molar-refractivity contribution in [2.45, 2.75) is 9.79 Å². The molecule has 1 heterocycles. The molecule has 0 unspecified atom stereocenters. The molecule has 0 aliphatic heterocycles. The molecule has 0 spiro atoms. The molecule has 0 fully saturated rings. The minimum absolute atomic E-state index is 0.203. The van der Waals surface area contributed by atoms with E-state index in [4.69, 9.17) is 9.15 Å². The Bertz CT molecular complexity index is 1360. The average Bonchev–Trinajstić information content (AvgIpc) is 2.73. The Hall–Kier alpha value is -3.45. The van der Waals surface area contributed by atoms with Crippen LogP contribution in [0.1, 0.15) is 0 Å². The summed E-state index contributed by atoms with van der Waals surface area (Å²) in [5.41, 5.74) is -0.0297. The average molecular weight is 410 g/mol. The molecule has 3 aromatic carbocycles. The van der Waals surface area contributed by atoms with Gasteiger partial charge in [0.15, 0.2) is 4.90 Å². The molecule has 0 saturated heterocycles. The standard InChI is InChI=1S/C22H15FO5S/c1-27-16-9-12-19-18(13-16)20(14-5-3-2-4-6-14)21(22(24)28-19)29(25,26)17-10-7-15(23)8-11-17/h2-13H,1H3. The summed E-state index contributed by atoms with van der Waals surface area (Å²) in [6.45, 7) is 0. The number of hydrogen-bond acceptors (Lipinski definition) is 5. The van der Waals surface area contributed by atoms with Crippen LogP contribution in [0.4, 0.5) is 4.39 Å². The molecule has 0 amide bonds. The maximum Gasteiger partial charge on any atom is 0.356 e. The van der Waals surface area contributed by atoms with Gasteiger partial charge in [0.2, 0.25) is 9.84 Å². The molecular weight excluding hydrogens is 395 g/mol. The summed E-state index contributed by atoms with van der Waals surface area (Å²) in [5.74, 6) is -0.101.